The maximum Gasteiger partial charge on any atom is 0.326 e. The van der Waals surface area contributed by atoms with Crippen LogP contribution in [0, 0.1) is 0 Å². The molecule has 0 radical (unpaired) electrons. The van der Waals surface area contributed by atoms with Gasteiger partial charge in [-0.3, -0.25) is 24.4 Å². The van der Waals surface area contributed by atoms with Crippen LogP contribution in [0.1, 0.15) is 38.2 Å². The summed E-state index contributed by atoms with van der Waals surface area (Å²) in [7, 11) is 0. The van der Waals surface area contributed by atoms with Gasteiger partial charge in [-0.2, -0.15) is 0 Å². The molecule has 15 heteroatoms. The lowest BCUT2D eigenvalue weighted by Crippen LogP contribution is -2.56. The summed E-state index contributed by atoms with van der Waals surface area (Å²) < 4.78 is 0. The van der Waals surface area contributed by atoms with Gasteiger partial charge >= 0.3 is 5.97 Å². The molecule has 14 N–H and O–H groups in total. The molecule has 0 aliphatic carbocycles. The number of aliphatic carboxylic acids is 1. The Morgan fingerprint density at radius 1 is 0.795 bits per heavy atom. The standard InChI is InChI=1S/C24H40N10O5/c1-14(32-20(36)16(25)9-5-11-30-23(26)27)19(35)33-17(10-6-12-31-24(28)29)21(37)34-18(22(38)39)13-15-7-3-2-4-8-15/h2-4,7-8,14,16-18H,5-6,9-13,25H2,1H3,(H,32,36)(H,33,35)(H,34,37)(H,38,39)(H4,26,27,30)(H4,28,29,31). The van der Waals surface area contributed by atoms with Gasteiger partial charge in [0, 0.05) is 19.5 Å². The molecule has 0 spiro atoms. The quantitative estimate of drug-likeness (QED) is 0.0548. The molecule has 3 amide bonds. The number of nitrogens with one attached hydrogen (secondary N) is 3. The summed E-state index contributed by atoms with van der Waals surface area (Å²) in [6.07, 6.45) is 1.21. The fraction of sp³-hybridized carbons (Fsp3) is 0.500. The number of rotatable bonds is 17. The van der Waals surface area contributed by atoms with Gasteiger partial charge in [-0.15, -0.1) is 0 Å². The highest BCUT2D eigenvalue weighted by Gasteiger charge is 2.28. The molecule has 1 rings (SSSR count). The van der Waals surface area contributed by atoms with Gasteiger partial charge in [-0.1, -0.05) is 30.3 Å². The zero-order chi connectivity index (χ0) is 29.4. The van der Waals surface area contributed by atoms with Gasteiger partial charge in [0.2, 0.25) is 17.7 Å². The third-order valence-corrected chi connectivity index (χ3v) is 5.53. The van der Waals surface area contributed by atoms with Crippen molar-refractivity contribution in [3.05, 3.63) is 35.9 Å². The van der Waals surface area contributed by atoms with E-state index >= 15 is 0 Å². The van der Waals surface area contributed by atoms with Crippen LogP contribution in [0.25, 0.3) is 0 Å². The second-order valence-electron chi connectivity index (χ2n) is 8.88. The number of benzene rings is 1. The molecule has 39 heavy (non-hydrogen) atoms. The summed E-state index contributed by atoms with van der Waals surface area (Å²) in [5.74, 6) is -3.35. The second-order valence-corrected chi connectivity index (χ2v) is 8.88. The minimum atomic E-state index is -1.23. The van der Waals surface area contributed by atoms with Gasteiger partial charge < -0.3 is 49.7 Å². The van der Waals surface area contributed by atoms with Crippen LogP contribution in [0.5, 0.6) is 0 Å². The van der Waals surface area contributed by atoms with E-state index in [0.29, 0.717) is 24.9 Å². The van der Waals surface area contributed by atoms with Gasteiger partial charge in [0.15, 0.2) is 11.9 Å². The van der Waals surface area contributed by atoms with Crippen molar-refractivity contribution in [2.45, 2.75) is 63.2 Å². The highest BCUT2D eigenvalue weighted by atomic mass is 16.4. The first-order valence-electron chi connectivity index (χ1n) is 12.4. The van der Waals surface area contributed by atoms with Crippen molar-refractivity contribution in [1.29, 1.82) is 0 Å². The average molecular weight is 549 g/mol. The normalized spacial score (nSPS) is 13.6. The van der Waals surface area contributed by atoms with Crippen LogP contribution in [0.4, 0.5) is 0 Å². The predicted molar refractivity (Wildman–Crippen MR) is 147 cm³/mol. The number of carbonyl (C=O) groups is 4. The molecular formula is C24H40N10O5. The Kier molecular flexibility index (Phi) is 14.4. The Morgan fingerprint density at radius 3 is 1.87 bits per heavy atom. The largest absolute Gasteiger partial charge is 0.480 e. The number of carboxylic acids is 1. The minimum absolute atomic E-state index is 0.0457. The molecule has 1 aromatic carbocycles. The van der Waals surface area contributed by atoms with Gasteiger partial charge in [-0.25, -0.2) is 4.79 Å². The lowest BCUT2D eigenvalue weighted by molar-refractivity contribution is -0.142. The molecule has 0 heterocycles. The Balaban J connectivity index is 2.83. The molecule has 4 unspecified atom stereocenters. The summed E-state index contributed by atoms with van der Waals surface area (Å²) in [5, 5.41) is 17.2. The number of hydrogen-bond acceptors (Lipinski definition) is 7. The first-order valence-corrected chi connectivity index (χ1v) is 12.4. The van der Waals surface area contributed by atoms with Crippen molar-refractivity contribution in [2.75, 3.05) is 13.1 Å². The molecule has 0 fully saturated rings. The van der Waals surface area contributed by atoms with Crippen LogP contribution in [0.2, 0.25) is 0 Å². The molecule has 0 aliphatic heterocycles. The summed E-state index contributed by atoms with van der Waals surface area (Å²) in [5.41, 5.74) is 27.8. The third-order valence-electron chi connectivity index (χ3n) is 5.53. The van der Waals surface area contributed by atoms with E-state index in [0.717, 1.165) is 0 Å². The van der Waals surface area contributed by atoms with Crippen molar-refractivity contribution in [3.63, 3.8) is 0 Å². The van der Waals surface area contributed by atoms with Crippen molar-refractivity contribution >= 4 is 35.6 Å². The van der Waals surface area contributed by atoms with E-state index in [1.165, 1.54) is 6.92 Å². The van der Waals surface area contributed by atoms with Crippen LogP contribution < -0.4 is 44.6 Å². The van der Waals surface area contributed by atoms with Gasteiger partial charge in [0.25, 0.3) is 0 Å². The molecule has 4 atom stereocenters. The monoisotopic (exact) mass is 548 g/mol. The fourth-order valence-electron chi connectivity index (χ4n) is 3.43. The molecule has 0 aromatic heterocycles. The SMILES string of the molecule is CC(NC(=O)C(N)CCCN=C(N)N)C(=O)NC(CCCN=C(N)N)C(=O)NC(Cc1ccccc1)C(=O)O. The number of hydrogen-bond donors (Lipinski definition) is 9. The first kappa shape index (κ1) is 32.6. The number of guanidine groups is 2. The summed E-state index contributed by atoms with van der Waals surface area (Å²) in [4.78, 5) is 57.7. The van der Waals surface area contributed by atoms with Crippen LogP contribution in [0.3, 0.4) is 0 Å². The average Bonchev–Trinajstić information content (AvgIpc) is 2.87. The van der Waals surface area contributed by atoms with Crippen molar-refractivity contribution in [1.82, 2.24) is 16.0 Å². The summed E-state index contributed by atoms with van der Waals surface area (Å²) >= 11 is 0. The second kappa shape index (κ2) is 17.2. The topological polar surface area (TPSA) is 279 Å². The van der Waals surface area contributed by atoms with Crippen LogP contribution in [0.15, 0.2) is 40.3 Å². The van der Waals surface area contributed by atoms with Crippen LogP contribution >= 0.6 is 0 Å². The summed E-state index contributed by atoms with van der Waals surface area (Å²) in [6.45, 7) is 1.93. The van der Waals surface area contributed by atoms with Gasteiger partial charge in [0.05, 0.1) is 6.04 Å². The highest BCUT2D eigenvalue weighted by molar-refractivity contribution is 5.94. The molecule has 0 bridgehead atoms. The van der Waals surface area contributed by atoms with E-state index in [1.807, 2.05) is 0 Å². The number of nitrogens with two attached hydrogens (primary N) is 5. The van der Waals surface area contributed by atoms with Crippen molar-refractivity contribution < 1.29 is 24.3 Å². The lowest BCUT2D eigenvalue weighted by Gasteiger charge is -2.24. The molecule has 0 saturated carbocycles. The Labute approximate surface area is 227 Å². The molecular weight excluding hydrogens is 508 g/mol. The predicted octanol–water partition coefficient (Wildman–Crippen LogP) is -2.78. The third kappa shape index (κ3) is 13.6. The zero-order valence-corrected chi connectivity index (χ0v) is 22.0. The molecule has 0 saturated heterocycles. The van der Waals surface area contributed by atoms with Crippen LogP contribution in [-0.2, 0) is 25.6 Å². The number of carboxylic acid groups (broad SMARTS) is 1. The smallest absolute Gasteiger partial charge is 0.326 e. The lowest BCUT2D eigenvalue weighted by atomic mass is 10.0. The number of nitrogens with zero attached hydrogens (tertiary/aromatic N) is 2. The Hall–Kier alpha value is -4.40. The van der Waals surface area contributed by atoms with E-state index in [4.69, 9.17) is 28.7 Å². The van der Waals surface area contributed by atoms with E-state index in [-0.39, 0.29) is 37.7 Å². The van der Waals surface area contributed by atoms with Crippen LogP contribution in [-0.4, -0.2) is 78.0 Å². The van der Waals surface area contributed by atoms with Gasteiger partial charge in [0.1, 0.15) is 18.1 Å². The number of amides is 3. The molecule has 216 valence electrons. The molecule has 1 aromatic rings. The van der Waals surface area contributed by atoms with E-state index < -0.39 is 47.9 Å². The van der Waals surface area contributed by atoms with E-state index in [1.54, 1.807) is 30.3 Å². The van der Waals surface area contributed by atoms with Gasteiger partial charge in [-0.05, 0) is 38.2 Å². The maximum absolute atomic E-state index is 13.0. The maximum atomic E-state index is 13.0. The van der Waals surface area contributed by atoms with E-state index in [2.05, 4.69) is 25.9 Å². The number of carbonyl (C=O) groups excluding carboxylic acids is 3. The Bertz CT molecular complexity index is 1010. The zero-order valence-electron chi connectivity index (χ0n) is 22.0. The van der Waals surface area contributed by atoms with Crippen molar-refractivity contribution in [3.8, 4) is 0 Å². The molecule has 15 nitrogen and oxygen atoms in total. The van der Waals surface area contributed by atoms with Crippen molar-refractivity contribution in [2.24, 2.45) is 38.7 Å². The molecule has 0 aliphatic rings. The first-order chi connectivity index (χ1) is 18.4. The minimum Gasteiger partial charge on any atom is -0.480 e. The fourth-order valence-corrected chi connectivity index (χ4v) is 3.43. The highest BCUT2D eigenvalue weighted by Crippen LogP contribution is 2.06. The Morgan fingerprint density at radius 2 is 1.33 bits per heavy atom. The summed E-state index contributed by atoms with van der Waals surface area (Å²) in [6, 6.07) is 4.51. The number of aliphatic imine (C=N–C) groups is 2. The van der Waals surface area contributed by atoms with E-state index in [9.17, 15) is 24.3 Å².